The number of carbonyl (C=O) groups is 1. The lowest BCUT2D eigenvalue weighted by molar-refractivity contribution is -0.143. The van der Waals surface area contributed by atoms with E-state index in [0.29, 0.717) is 5.92 Å². The maximum absolute atomic E-state index is 11.8. The van der Waals surface area contributed by atoms with Gasteiger partial charge < -0.3 is 19.9 Å². The van der Waals surface area contributed by atoms with Crippen LogP contribution in [0.2, 0.25) is 0 Å². The number of hydrogen-bond donors (Lipinski definition) is 1. The van der Waals surface area contributed by atoms with Gasteiger partial charge in [-0.2, -0.15) is 0 Å². The molecule has 0 aliphatic heterocycles. The summed E-state index contributed by atoms with van der Waals surface area (Å²) in [6, 6.07) is -0.191. The molecule has 0 heterocycles. The molecule has 1 N–H and O–H groups in total. The molecule has 0 amide bonds. The molecule has 0 aromatic rings. The minimum Gasteiger partial charge on any atom is -0.468 e. The van der Waals surface area contributed by atoms with E-state index >= 15 is 0 Å². The molecule has 126 valence electrons. The minimum atomic E-state index is -0.191. The van der Waals surface area contributed by atoms with Crippen LogP contribution in [-0.2, 0) is 9.53 Å². The zero-order valence-electron chi connectivity index (χ0n) is 14.8. The lowest BCUT2D eigenvalue weighted by atomic mass is 10.1. The number of rotatable bonds is 12. The van der Waals surface area contributed by atoms with E-state index < -0.39 is 0 Å². The minimum absolute atomic E-state index is 0.152. The highest BCUT2D eigenvalue weighted by Gasteiger charge is 2.19. The zero-order chi connectivity index (χ0) is 16.3. The van der Waals surface area contributed by atoms with Gasteiger partial charge in [0.2, 0.25) is 0 Å². The third-order valence-corrected chi connectivity index (χ3v) is 3.35. The van der Waals surface area contributed by atoms with Gasteiger partial charge in [0.25, 0.3) is 0 Å². The van der Waals surface area contributed by atoms with Gasteiger partial charge in [-0.3, -0.25) is 4.79 Å². The molecule has 0 aliphatic carbocycles. The van der Waals surface area contributed by atoms with Crippen LogP contribution in [0.15, 0.2) is 0 Å². The smallest absolute Gasteiger partial charge is 0.322 e. The Hall–Kier alpha value is -0.650. The second kappa shape index (κ2) is 12.0. The van der Waals surface area contributed by atoms with Crippen molar-refractivity contribution in [2.75, 3.05) is 53.9 Å². The first-order valence-corrected chi connectivity index (χ1v) is 8.09. The molecule has 0 fully saturated rings. The van der Waals surface area contributed by atoms with Crippen molar-refractivity contribution in [2.45, 2.75) is 39.7 Å². The van der Waals surface area contributed by atoms with Crippen molar-refractivity contribution in [3.63, 3.8) is 0 Å². The summed E-state index contributed by atoms with van der Waals surface area (Å²) in [6.45, 7) is 11.5. The van der Waals surface area contributed by atoms with Crippen molar-refractivity contribution in [1.82, 2.24) is 15.1 Å². The number of nitrogens with one attached hydrogen (secondary N) is 1. The summed E-state index contributed by atoms with van der Waals surface area (Å²) in [7, 11) is 5.64. The van der Waals surface area contributed by atoms with Crippen molar-refractivity contribution in [1.29, 1.82) is 0 Å². The van der Waals surface area contributed by atoms with Crippen LogP contribution in [0, 0.1) is 5.92 Å². The van der Waals surface area contributed by atoms with Crippen LogP contribution in [0.4, 0.5) is 0 Å². The fourth-order valence-electron chi connectivity index (χ4n) is 2.23. The molecule has 0 rings (SSSR count). The van der Waals surface area contributed by atoms with Crippen molar-refractivity contribution >= 4 is 5.97 Å². The van der Waals surface area contributed by atoms with Crippen LogP contribution in [0.1, 0.15) is 33.6 Å². The van der Waals surface area contributed by atoms with Crippen molar-refractivity contribution in [3.05, 3.63) is 0 Å². The van der Waals surface area contributed by atoms with E-state index in [-0.39, 0.29) is 12.0 Å². The van der Waals surface area contributed by atoms with Gasteiger partial charge in [0.1, 0.15) is 6.04 Å². The van der Waals surface area contributed by atoms with Gasteiger partial charge in [-0.05, 0) is 39.4 Å². The molecule has 1 unspecified atom stereocenters. The predicted molar refractivity (Wildman–Crippen MR) is 88.5 cm³/mol. The molecular weight excluding hydrogens is 266 g/mol. The van der Waals surface area contributed by atoms with Gasteiger partial charge in [-0.25, -0.2) is 0 Å². The van der Waals surface area contributed by atoms with Crippen LogP contribution < -0.4 is 5.32 Å². The van der Waals surface area contributed by atoms with Gasteiger partial charge in [0.05, 0.1) is 7.11 Å². The molecule has 21 heavy (non-hydrogen) atoms. The van der Waals surface area contributed by atoms with Crippen LogP contribution >= 0.6 is 0 Å². The number of likely N-dealkylation sites (N-methyl/N-ethyl adjacent to an activating group) is 1. The summed E-state index contributed by atoms with van der Waals surface area (Å²) < 4.78 is 4.89. The Morgan fingerprint density at radius 3 is 2.33 bits per heavy atom. The Labute approximate surface area is 131 Å². The van der Waals surface area contributed by atoms with Gasteiger partial charge >= 0.3 is 5.97 Å². The van der Waals surface area contributed by atoms with Crippen LogP contribution in [0.5, 0.6) is 0 Å². The molecule has 0 bridgehead atoms. The summed E-state index contributed by atoms with van der Waals surface area (Å²) in [5.74, 6) is 0.480. The van der Waals surface area contributed by atoms with E-state index in [1.807, 2.05) is 0 Å². The Bertz CT molecular complexity index is 270. The molecule has 0 saturated heterocycles. The third-order valence-electron chi connectivity index (χ3n) is 3.35. The Balaban J connectivity index is 4.39. The number of nitrogens with zero attached hydrogens (tertiary/aromatic N) is 2. The number of methoxy groups -OCH3 is 1. The van der Waals surface area contributed by atoms with Crippen LogP contribution in [0.3, 0.4) is 0 Å². The summed E-state index contributed by atoms with van der Waals surface area (Å²) in [6.07, 6.45) is 1.82. The van der Waals surface area contributed by atoms with E-state index in [2.05, 4.69) is 50.0 Å². The average molecular weight is 301 g/mol. The summed E-state index contributed by atoms with van der Waals surface area (Å²) in [5, 5.41) is 3.28. The van der Waals surface area contributed by atoms with Crippen LogP contribution in [0.25, 0.3) is 0 Å². The summed E-state index contributed by atoms with van der Waals surface area (Å²) in [4.78, 5) is 16.4. The molecule has 5 heteroatoms. The normalized spacial score (nSPS) is 13.2. The van der Waals surface area contributed by atoms with Crippen molar-refractivity contribution in [3.8, 4) is 0 Å². The molecule has 0 aromatic heterocycles. The Morgan fingerprint density at radius 1 is 1.19 bits per heavy atom. The van der Waals surface area contributed by atoms with E-state index in [1.165, 1.54) is 7.11 Å². The lowest BCUT2D eigenvalue weighted by Crippen LogP contribution is -2.42. The van der Waals surface area contributed by atoms with E-state index in [9.17, 15) is 4.79 Å². The first-order valence-electron chi connectivity index (χ1n) is 8.09. The van der Waals surface area contributed by atoms with Crippen molar-refractivity contribution in [2.24, 2.45) is 5.92 Å². The van der Waals surface area contributed by atoms with Gasteiger partial charge in [0.15, 0.2) is 0 Å². The van der Waals surface area contributed by atoms with Gasteiger partial charge in [-0.1, -0.05) is 20.8 Å². The molecule has 0 aliphatic rings. The maximum atomic E-state index is 11.8. The highest BCUT2D eigenvalue weighted by atomic mass is 16.5. The van der Waals surface area contributed by atoms with E-state index in [4.69, 9.17) is 4.74 Å². The predicted octanol–water partition coefficient (Wildman–Crippen LogP) is 1.44. The molecule has 1 atom stereocenters. The fraction of sp³-hybridized carbons (Fsp3) is 0.938. The molecule has 0 spiro atoms. The topological polar surface area (TPSA) is 44.8 Å². The number of hydrogen-bond acceptors (Lipinski definition) is 5. The number of esters is 1. The maximum Gasteiger partial charge on any atom is 0.322 e. The second-order valence-electron chi connectivity index (χ2n) is 6.32. The Morgan fingerprint density at radius 2 is 1.86 bits per heavy atom. The molecule has 5 nitrogen and oxygen atoms in total. The molecule has 0 saturated carbocycles. The van der Waals surface area contributed by atoms with Gasteiger partial charge in [-0.15, -0.1) is 0 Å². The number of carbonyl (C=O) groups excluding carboxylic acids is 1. The average Bonchev–Trinajstić information content (AvgIpc) is 2.43. The zero-order valence-corrected chi connectivity index (χ0v) is 14.8. The van der Waals surface area contributed by atoms with Crippen molar-refractivity contribution < 1.29 is 9.53 Å². The Kier molecular flexibility index (Phi) is 11.6. The number of ether oxygens (including phenoxy) is 1. The lowest BCUT2D eigenvalue weighted by Gasteiger charge is -2.27. The third kappa shape index (κ3) is 10.7. The summed E-state index contributed by atoms with van der Waals surface area (Å²) >= 11 is 0. The standard InChI is InChI=1S/C16H35N3O2/c1-7-9-17-15(16(20)21-6)8-10-19(13-14(2)3)12-11-18(4)5/h14-15,17H,7-13H2,1-6H3. The second-order valence-corrected chi connectivity index (χ2v) is 6.32. The molecule has 0 radical (unpaired) electrons. The van der Waals surface area contributed by atoms with Crippen LogP contribution in [-0.4, -0.2) is 75.7 Å². The molecule has 0 aromatic carbocycles. The summed E-state index contributed by atoms with van der Waals surface area (Å²) in [5.41, 5.74) is 0. The first kappa shape index (κ1) is 20.3. The SMILES string of the molecule is CCCNC(CCN(CCN(C)C)CC(C)C)C(=O)OC. The quantitative estimate of drug-likeness (QED) is 0.553. The first-order chi connectivity index (χ1) is 9.90. The molecular formula is C16H35N3O2. The van der Waals surface area contributed by atoms with E-state index in [0.717, 1.165) is 45.6 Å². The highest BCUT2D eigenvalue weighted by molar-refractivity contribution is 5.75. The van der Waals surface area contributed by atoms with E-state index in [1.54, 1.807) is 0 Å². The van der Waals surface area contributed by atoms with Gasteiger partial charge in [0, 0.05) is 26.2 Å². The monoisotopic (exact) mass is 301 g/mol. The fourth-order valence-corrected chi connectivity index (χ4v) is 2.23. The largest absolute Gasteiger partial charge is 0.468 e. The highest BCUT2D eigenvalue weighted by Crippen LogP contribution is 2.04.